The maximum absolute atomic E-state index is 11.5. The summed E-state index contributed by atoms with van der Waals surface area (Å²) in [6.07, 6.45) is 0. The SMILES string of the molecule is CCOC(=O)c1ccc(CCl)c(Cl)c1C#N. The topological polar surface area (TPSA) is 50.1 Å². The number of ether oxygens (including phenoxy) is 1. The number of benzene rings is 1. The maximum Gasteiger partial charge on any atom is 0.339 e. The summed E-state index contributed by atoms with van der Waals surface area (Å²) < 4.78 is 4.82. The predicted octanol–water partition coefficient (Wildman–Crippen LogP) is 3.13. The molecule has 0 amide bonds. The Kier molecular flexibility index (Phi) is 4.60. The van der Waals surface area contributed by atoms with Crippen LogP contribution in [0.15, 0.2) is 12.1 Å². The molecule has 0 radical (unpaired) electrons. The molecule has 5 heteroatoms. The van der Waals surface area contributed by atoms with Crippen molar-refractivity contribution >= 4 is 29.2 Å². The van der Waals surface area contributed by atoms with Crippen LogP contribution >= 0.6 is 23.2 Å². The lowest BCUT2D eigenvalue weighted by molar-refractivity contribution is 0.0526. The molecule has 84 valence electrons. The van der Waals surface area contributed by atoms with Gasteiger partial charge in [0, 0.05) is 5.88 Å². The number of carbonyl (C=O) groups excluding carboxylic acids is 1. The number of nitrogens with zero attached hydrogens (tertiary/aromatic N) is 1. The van der Waals surface area contributed by atoms with Crippen molar-refractivity contribution in [2.45, 2.75) is 12.8 Å². The molecule has 0 fully saturated rings. The lowest BCUT2D eigenvalue weighted by Gasteiger charge is -2.07. The molecule has 0 N–H and O–H groups in total. The van der Waals surface area contributed by atoms with E-state index in [1.165, 1.54) is 6.07 Å². The smallest absolute Gasteiger partial charge is 0.339 e. The Labute approximate surface area is 104 Å². The summed E-state index contributed by atoms with van der Waals surface area (Å²) in [5.74, 6) is -0.363. The zero-order valence-electron chi connectivity index (χ0n) is 8.59. The van der Waals surface area contributed by atoms with E-state index >= 15 is 0 Å². The molecular weight excluding hydrogens is 249 g/mol. The second kappa shape index (κ2) is 5.74. The third-order valence-corrected chi connectivity index (χ3v) is 2.69. The van der Waals surface area contributed by atoms with Gasteiger partial charge in [-0.3, -0.25) is 0 Å². The minimum Gasteiger partial charge on any atom is -0.462 e. The highest BCUT2D eigenvalue weighted by atomic mass is 35.5. The first-order valence-electron chi connectivity index (χ1n) is 4.60. The molecule has 1 rings (SSSR count). The molecule has 0 aliphatic heterocycles. The third kappa shape index (κ3) is 2.46. The molecular formula is C11H9Cl2NO2. The molecule has 0 aliphatic carbocycles. The highest BCUT2D eigenvalue weighted by Gasteiger charge is 2.17. The quantitative estimate of drug-likeness (QED) is 0.618. The summed E-state index contributed by atoms with van der Waals surface area (Å²) in [6, 6.07) is 5.00. The van der Waals surface area contributed by atoms with Crippen LogP contribution in [0.4, 0.5) is 0 Å². The Bertz CT molecular complexity index is 452. The Morgan fingerprint density at radius 3 is 2.75 bits per heavy atom. The van der Waals surface area contributed by atoms with Crippen LogP contribution in [0.5, 0.6) is 0 Å². The molecule has 0 saturated heterocycles. The van der Waals surface area contributed by atoms with Crippen molar-refractivity contribution in [2.24, 2.45) is 0 Å². The van der Waals surface area contributed by atoms with E-state index in [1.807, 2.05) is 6.07 Å². The molecule has 0 aliphatic rings. The first-order valence-corrected chi connectivity index (χ1v) is 5.51. The van der Waals surface area contributed by atoms with Gasteiger partial charge >= 0.3 is 5.97 Å². The van der Waals surface area contributed by atoms with Gasteiger partial charge in [-0.15, -0.1) is 11.6 Å². The number of rotatable bonds is 3. The molecule has 0 saturated carbocycles. The van der Waals surface area contributed by atoms with Crippen molar-refractivity contribution in [3.8, 4) is 6.07 Å². The largest absolute Gasteiger partial charge is 0.462 e. The van der Waals surface area contributed by atoms with Crippen LogP contribution in [0.1, 0.15) is 28.4 Å². The van der Waals surface area contributed by atoms with E-state index in [0.29, 0.717) is 5.56 Å². The van der Waals surface area contributed by atoms with Crippen LogP contribution in [0.25, 0.3) is 0 Å². The Morgan fingerprint density at radius 2 is 2.25 bits per heavy atom. The second-order valence-corrected chi connectivity index (χ2v) is 3.57. The first kappa shape index (κ1) is 12.8. The van der Waals surface area contributed by atoms with Crippen molar-refractivity contribution in [2.75, 3.05) is 6.61 Å². The van der Waals surface area contributed by atoms with E-state index in [1.54, 1.807) is 13.0 Å². The van der Waals surface area contributed by atoms with Crippen molar-refractivity contribution in [3.05, 3.63) is 33.8 Å². The number of nitriles is 1. The average molecular weight is 258 g/mol. The van der Waals surface area contributed by atoms with Crippen LogP contribution < -0.4 is 0 Å². The fraction of sp³-hybridized carbons (Fsp3) is 0.273. The van der Waals surface area contributed by atoms with E-state index in [0.717, 1.165) is 0 Å². The molecule has 3 nitrogen and oxygen atoms in total. The normalized spacial score (nSPS) is 9.62. The molecule has 0 unspecified atom stereocenters. The van der Waals surface area contributed by atoms with Gasteiger partial charge in [-0.2, -0.15) is 5.26 Å². The Balaban J connectivity index is 3.27. The van der Waals surface area contributed by atoms with E-state index in [2.05, 4.69) is 0 Å². The van der Waals surface area contributed by atoms with Crippen molar-refractivity contribution in [3.63, 3.8) is 0 Å². The number of carbonyl (C=O) groups is 1. The summed E-state index contributed by atoms with van der Waals surface area (Å²) in [5.41, 5.74) is 0.898. The van der Waals surface area contributed by atoms with Gasteiger partial charge in [0.15, 0.2) is 0 Å². The number of alkyl halides is 1. The fourth-order valence-electron chi connectivity index (χ4n) is 1.21. The molecule has 0 spiro atoms. The number of esters is 1. The van der Waals surface area contributed by atoms with Crippen LogP contribution in [-0.2, 0) is 10.6 Å². The molecule has 1 aromatic rings. The first-order chi connectivity index (χ1) is 7.65. The summed E-state index contributed by atoms with van der Waals surface area (Å²) in [4.78, 5) is 11.5. The minimum absolute atomic E-state index is 0.110. The molecule has 0 bridgehead atoms. The fourth-order valence-corrected chi connectivity index (χ4v) is 1.78. The van der Waals surface area contributed by atoms with Gasteiger partial charge in [0.05, 0.1) is 22.8 Å². The summed E-state index contributed by atoms with van der Waals surface area (Å²) in [7, 11) is 0. The van der Waals surface area contributed by atoms with Gasteiger partial charge in [-0.1, -0.05) is 17.7 Å². The van der Waals surface area contributed by atoms with Gasteiger partial charge in [-0.25, -0.2) is 4.79 Å². The highest BCUT2D eigenvalue weighted by Crippen LogP contribution is 2.26. The maximum atomic E-state index is 11.5. The van der Waals surface area contributed by atoms with Gasteiger partial charge in [0.2, 0.25) is 0 Å². The molecule has 1 aromatic carbocycles. The summed E-state index contributed by atoms with van der Waals surface area (Å²) in [5, 5.41) is 9.16. The number of hydrogen-bond acceptors (Lipinski definition) is 3. The Hall–Kier alpha value is -1.24. The zero-order chi connectivity index (χ0) is 12.1. The van der Waals surface area contributed by atoms with Crippen LogP contribution in [-0.4, -0.2) is 12.6 Å². The second-order valence-electron chi connectivity index (χ2n) is 2.93. The van der Waals surface area contributed by atoms with Crippen LogP contribution in [0.2, 0.25) is 5.02 Å². The molecule has 16 heavy (non-hydrogen) atoms. The molecule has 0 heterocycles. The standard InChI is InChI=1S/C11H9Cl2NO2/c1-2-16-11(15)8-4-3-7(5-12)10(13)9(8)6-14/h3-4H,2,5H2,1H3. The van der Waals surface area contributed by atoms with Crippen LogP contribution in [0, 0.1) is 11.3 Å². The van der Waals surface area contributed by atoms with E-state index in [9.17, 15) is 4.79 Å². The molecule has 0 aromatic heterocycles. The summed E-state index contributed by atoms with van der Waals surface area (Å²) in [6.45, 7) is 1.94. The van der Waals surface area contributed by atoms with Crippen LogP contribution in [0.3, 0.4) is 0 Å². The molecule has 0 atom stereocenters. The van der Waals surface area contributed by atoms with Gasteiger partial charge in [-0.05, 0) is 18.6 Å². The lowest BCUT2D eigenvalue weighted by atomic mass is 10.1. The highest BCUT2D eigenvalue weighted by molar-refractivity contribution is 6.33. The third-order valence-electron chi connectivity index (χ3n) is 1.97. The van der Waals surface area contributed by atoms with Gasteiger partial charge < -0.3 is 4.74 Å². The van der Waals surface area contributed by atoms with Crippen molar-refractivity contribution in [1.82, 2.24) is 0 Å². The van der Waals surface area contributed by atoms with Gasteiger partial charge in [0.25, 0.3) is 0 Å². The lowest BCUT2D eigenvalue weighted by Crippen LogP contribution is -2.08. The number of halogens is 2. The minimum atomic E-state index is -0.554. The summed E-state index contributed by atoms with van der Waals surface area (Å²) >= 11 is 11.6. The van der Waals surface area contributed by atoms with Crippen molar-refractivity contribution < 1.29 is 9.53 Å². The number of hydrogen-bond donors (Lipinski definition) is 0. The van der Waals surface area contributed by atoms with E-state index in [4.69, 9.17) is 33.2 Å². The predicted molar refractivity (Wildman–Crippen MR) is 61.7 cm³/mol. The van der Waals surface area contributed by atoms with E-state index in [-0.39, 0.29) is 28.6 Å². The zero-order valence-corrected chi connectivity index (χ0v) is 10.1. The van der Waals surface area contributed by atoms with Crippen molar-refractivity contribution in [1.29, 1.82) is 5.26 Å². The van der Waals surface area contributed by atoms with E-state index < -0.39 is 5.97 Å². The Morgan fingerprint density at radius 1 is 1.56 bits per heavy atom. The van der Waals surface area contributed by atoms with Gasteiger partial charge in [0.1, 0.15) is 6.07 Å². The monoisotopic (exact) mass is 257 g/mol. The average Bonchev–Trinajstić information content (AvgIpc) is 2.28.